The molecular weight excluding hydrogens is 170 g/mol. The van der Waals surface area contributed by atoms with Crippen LogP contribution in [-0.2, 0) is 0 Å². The van der Waals surface area contributed by atoms with Crippen molar-refractivity contribution in [2.75, 3.05) is 13.3 Å². The molecule has 1 aliphatic rings. The second-order valence-electron chi connectivity index (χ2n) is 3.06. The number of hydrogen-bond donors (Lipinski definition) is 2. The number of rotatable bonds is 2. The van der Waals surface area contributed by atoms with E-state index >= 15 is 0 Å². The van der Waals surface area contributed by atoms with Crippen LogP contribution >= 0.6 is 11.8 Å². The van der Waals surface area contributed by atoms with Gasteiger partial charge in [-0.15, -0.1) is 0 Å². The summed E-state index contributed by atoms with van der Waals surface area (Å²) in [4.78, 5) is 3.89. The molecule has 1 saturated carbocycles. The Balaban J connectivity index is 2.40. The van der Waals surface area contributed by atoms with Crippen LogP contribution in [0.1, 0.15) is 19.3 Å². The van der Waals surface area contributed by atoms with Crippen molar-refractivity contribution in [1.29, 1.82) is 0 Å². The van der Waals surface area contributed by atoms with Crippen LogP contribution in [0.25, 0.3) is 0 Å². The van der Waals surface area contributed by atoms with Gasteiger partial charge in [0.2, 0.25) is 0 Å². The third kappa shape index (κ3) is 2.30. The van der Waals surface area contributed by atoms with Crippen molar-refractivity contribution in [3.05, 3.63) is 0 Å². The Morgan fingerprint density at radius 3 is 2.92 bits per heavy atom. The average Bonchev–Trinajstić information content (AvgIpc) is 2.51. The summed E-state index contributed by atoms with van der Waals surface area (Å²) in [5.41, 5.74) is 5.60. The molecule has 0 spiro atoms. The first-order valence-electron chi connectivity index (χ1n) is 4.29. The van der Waals surface area contributed by atoms with Crippen molar-refractivity contribution in [2.45, 2.75) is 30.6 Å². The van der Waals surface area contributed by atoms with Crippen molar-refractivity contribution in [3.8, 4) is 0 Å². The summed E-state index contributed by atoms with van der Waals surface area (Å²) in [5.74, 6) is 0.570. The first-order valence-corrected chi connectivity index (χ1v) is 5.58. The lowest BCUT2D eigenvalue weighted by molar-refractivity contribution is 0.638. The van der Waals surface area contributed by atoms with Crippen LogP contribution in [0.15, 0.2) is 4.99 Å². The van der Waals surface area contributed by atoms with E-state index in [1.165, 1.54) is 19.3 Å². The molecule has 70 valence electrons. The van der Waals surface area contributed by atoms with Gasteiger partial charge in [0.1, 0.15) is 0 Å². The van der Waals surface area contributed by atoms with Crippen LogP contribution in [0.5, 0.6) is 0 Å². The number of hydrogen-bond acceptors (Lipinski definition) is 2. The lowest BCUT2D eigenvalue weighted by atomic mass is 10.2. The van der Waals surface area contributed by atoms with Gasteiger partial charge in [-0.1, -0.05) is 6.42 Å². The fourth-order valence-electron chi connectivity index (χ4n) is 1.63. The monoisotopic (exact) mass is 187 g/mol. The smallest absolute Gasteiger partial charge is 0.188 e. The largest absolute Gasteiger partial charge is 0.370 e. The number of nitrogens with zero attached hydrogens (tertiary/aromatic N) is 1. The zero-order valence-corrected chi connectivity index (χ0v) is 8.53. The van der Waals surface area contributed by atoms with Gasteiger partial charge in [-0.3, -0.25) is 4.99 Å². The molecule has 1 rings (SSSR count). The SMILES string of the molecule is CN=C(N)NC1CCCC1SC. The molecule has 1 aliphatic carbocycles. The summed E-state index contributed by atoms with van der Waals surface area (Å²) >= 11 is 1.92. The van der Waals surface area contributed by atoms with Crippen LogP contribution in [0, 0.1) is 0 Å². The molecular formula is C8H17N3S. The zero-order valence-electron chi connectivity index (χ0n) is 7.71. The van der Waals surface area contributed by atoms with Gasteiger partial charge in [-0.05, 0) is 19.1 Å². The molecule has 3 N–H and O–H groups in total. The molecule has 3 nitrogen and oxygen atoms in total. The maximum atomic E-state index is 5.60. The zero-order chi connectivity index (χ0) is 8.97. The molecule has 0 aromatic carbocycles. The second kappa shape index (κ2) is 4.60. The maximum absolute atomic E-state index is 5.60. The average molecular weight is 187 g/mol. The van der Waals surface area contributed by atoms with Crippen LogP contribution in [0.3, 0.4) is 0 Å². The standard InChI is InChI=1S/C8H17N3S/c1-10-8(9)11-6-4-3-5-7(6)12-2/h6-7H,3-5H2,1-2H3,(H3,9,10,11). The Kier molecular flexibility index (Phi) is 3.72. The lowest BCUT2D eigenvalue weighted by Crippen LogP contribution is -2.42. The predicted octanol–water partition coefficient (Wildman–Crippen LogP) is 0.805. The molecule has 0 aromatic rings. The molecule has 4 heteroatoms. The number of nitrogens with one attached hydrogen (secondary N) is 1. The van der Waals surface area contributed by atoms with Crippen LogP contribution in [0.4, 0.5) is 0 Å². The lowest BCUT2D eigenvalue weighted by Gasteiger charge is -2.19. The third-order valence-corrected chi connectivity index (χ3v) is 3.50. The highest BCUT2D eigenvalue weighted by atomic mass is 32.2. The molecule has 2 unspecified atom stereocenters. The topological polar surface area (TPSA) is 50.4 Å². The highest BCUT2D eigenvalue weighted by Gasteiger charge is 2.26. The highest BCUT2D eigenvalue weighted by molar-refractivity contribution is 7.99. The molecule has 0 aromatic heterocycles. The Hall–Kier alpha value is -0.380. The maximum Gasteiger partial charge on any atom is 0.188 e. The van der Waals surface area contributed by atoms with E-state index in [0.29, 0.717) is 17.3 Å². The Bertz CT molecular complexity index is 170. The molecule has 0 aliphatic heterocycles. The minimum Gasteiger partial charge on any atom is -0.370 e. The van der Waals surface area contributed by atoms with E-state index in [-0.39, 0.29) is 0 Å². The van der Waals surface area contributed by atoms with Gasteiger partial charge in [0.25, 0.3) is 0 Å². The first-order chi connectivity index (χ1) is 5.77. The summed E-state index contributed by atoms with van der Waals surface area (Å²) in [6, 6.07) is 0.531. The van der Waals surface area contributed by atoms with E-state index in [0.717, 1.165) is 0 Å². The number of thioether (sulfide) groups is 1. The minimum atomic E-state index is 0.531. The molecule has 1 fully saturated rings. The van der Waals surface area contributed by atoms with Crippen LogP contribution in [-0.4, -0.2) is 30.6 Å². The van der Waals surface area contributed by atoms with Gasteiger partial charge in [-0.25, -0.2) is 0 Å². The molecule has 12 heavy (non-hydrogen) atoms. The quantitative estimate of drug-likeness (QED) is 0.497. The highest BCUT2D eigenvalue weighted by Crippen LogP contribution is 2.27. The van der Waals surface area contributed by atoms with Gasteiger partial charge in [0, 0.05) is 18.3 Å². The second-order valence-corrected chi connectivity index (χ2v) is 4.14. The molecule has 0 bridgehead atoms. The fraction of sp³-hybridized carbons (Fsp3) is 0.875. The van der Waals surface area contributed by atoms with Gasteiger partial charge in [0.15, 0.2) is 5.96 Å². The number of nitrogens with two attached hydrogens (primary N) is 1. The number of aliphatic imine (C=N–C) groups is 1. The summed E-state index contributed by atoms with van der Waals surface area (Å²) < 4.78 is 0. The van der Waals surface area contributed by atoms with Crippen molar-refractivity contribution in [3.63, 3.8) is 0 Å². The summed E-state index contributed by atoms with van der Waals surface area (Å²) in [5, 5.41) is 3.95. The van der Waals surface area contributed by atoms with E-state index in [9.17, 15) is 0 Å². The fourth-order valence-corrected chi connectivity index (χ4v) is 2.56. The van der Waals surface area contributed by atoms with E-state index in [4.69, 9.17) is 5.73 Å². The van der Waals surface area contributed by atoms with Gasteiger partial charge < -0.3 is 11.1 Å². The van der Waals surface area contributed by atoms with Gasteiger partial charge in [-0.2, -0.15) is 11.8 Å². The van der Waals surface area contributed by atoms with E-state index in [1.54, 1.807) is 7.05 Å². The van der Waals surface area contributed by atoms with Crippen molar-refractivity contribution in [2.24, 2.45) is 10.7 Å². The third-order valence-electron chi connectivity index (χ3n) is 2.33. The van der Waals surface area contributed by atoms with E-state index in [1.807, 2.05) is 11.8 Å². The van der Waals surface area contributed by atoms with Crippen LogP contribution < -0.4 is 11.1 Å². The first kappa shape index (κ1) is 9.71. The summed E-state index contributed by atoms with van der Waals surface area (Å²) in [7, 11) is 1.71. The van der Waals surface area contributed by atoms with Crippen LogP contribution in [0.2, 0.25) is 0 Å². The molecule has 0 amide bonds. The van der Waals surface area contributed by atoms with Gasteiger partial charge >= 0.3 is 0 Å². The normalized spacial score (nSPS) is 30.7. The van der Waals surface area contributed by atoms with Crippen molar-refractivity contribution < 1.29 is 0 Å². The van der Waals surface area contributed by atoms with Crippen molar-refractivity contribution in [1.82, 2.24) is 5.32 Å². The summed E-state index contributed by atoms with van der Waals surface area (Å²) in [6.45, 7) is 0. The Labute approximate surface area is 78.2 Å². The van der Waals surface area contributed by atoms with Gasteiger partial charge in [0.05, 0.1) is 0 Å². The van der Waals surface area contributed by atoms with E-state index in [2.05, 4.69) is 16.6 Å². The summed E-state index contributed by atoms with van der Waals surface area (Å²) in [6.07, 6.45) is 5.99. The molecule has 2 atom stereocenters. The number of guanidine groups is 1. The molecule has 0 saturated heterocycles. The molecule has 0 heterocycles. The van der Waals surface area contributed by atoms with E-state index < -0.39 is 0 Å². The Morgan fingerprint density at radius 1 is 1.58 bits per heavy atom. The minimum absolute atomic E-state index is 0.531. The van der Waals surface area contributed by atoms with Crippen molar-refractivity contribution >= 4 is 17.7 Å². The predicted molar refractivity (Wildman–Crippen MR) is 55.6 cm³/mol. The Morgan fingerprint density at radius 2 is 2.33 bits per heavy atom. The molecule has 0 radical (unpaired) electrons.